The largest absolute Gasteiger partial charge is 0.481 e. The zero-order valence-corrected chi connectivity index (χ0v) is 34.0. The number of hydrogen-bond donors (Lipinski definition) is 4. The third-order valence-electron chi connectivity index (χ3n) is 10.4. The average molecular weight is 816 g/mol. The molecule has 0 amide bonds. The molecule has 0 bridgehead atoms. The van der Waals surface area contributed by atoms with Crippen molar-refractivity contribution in [2.24, 2.45) is 0 Å². The lowest BCUT2D eigenvalue weighted by Gasteiger charge is -2.26. The first kappa shape index (κ1) is 42.3. The van der Waals surface area contributed by atoms with Crippen LogP contribution in [0.5, 0.6) is 0 Å². The molecule has 13 nitrogen and oxygen atoms in total. The topological polar surface area (TPSA) is 191 Å². The van der Waals surface area contributed by atoms with Gasteiger partial charge in [0.05, 0.1) is 27.2 Å². The summed E-state index contributed by atoms with van der Waals surface area (Å²) >= 11 is 0.613. The van der Waals surface area contributed by atoms with Gasteiger partial charge in [-0.3, -0.25) is 13.9 Å². The van der Waals surface area contributed by atoms with E-state index in [1.807, 2.05) is 71.9 Å². The number of rotatable bonds is 16. The molecule has 0 atom stereocenters. The first-order valence-corrected chi connectivity index (χ1v) is 21.5. The molecule has 2 heterocycles. The molecule has 296 valence electrons. The number of carboxylic acid groups (broad SMARTS) is 1. The molecule has 16 heteroatoms. The summed E-state index contributed by atoms with van der Waals surface area (Å²) in [7, 11) is -9.03. The Hall–Kier alpha value is -3.87. The van der Waals surface area contributed by atoms with Gasteiger partial charge in [0, 0.05) is 58.8 Å². The molecule has 2 aliphatic heterocycles. The first-order valence-electron chi connectivity index (χ1n) is 17.9. The number of fused-ring (bicyclic) bond motifs is 4. The van der Waals surface area contributed by atoms with Crippen molar-refractivity contribution in [3.63, 3.8) is 0 Å². The molecule has 0 saturated carbocycles. The highest BCUT2D eigenvalue weighted by Gasteiger charge is 2.45. The van der Waals surface area contributed by atoms with Gasteiger partial charge in [0.1, 0.15) is 6.54 Å². The summed E-state index contributed by atoms with van der Waals surface area (Å²) < 4.78 is 75.4. The highest BCUT2D eigenvalue weighted by molar-refractivity contribution is 7.94. The van der Waals surface area contributed by atoms with Crippen molar-refractivity contribution >= 4 is 66.1 Å². The maximum atomic E-state index is 12.3. The maximum Gasteiger partial charge on any atom is 0.303 e. The van der Waals surface area contributed by atoms with Crippen LogP contribution >= 0.6 is 12.0 Å². The lowest BCUT2D eigenvalue weighted by molar-refractivity contribution is -0.438. The van der Waals surface area contributed by atoms with Crippen LogP contribution in [0.3, 0.4) is 0 Å². The summed E-state index contributed by atoms with van der Waals surface area (Å²) in [5.74, 6) is -0.839. The van der Waals surface area contributed by atoms with Gasteiger partial charge in [-0.2, -0.15) is 21.4 Å². The monoisotopic (exact) mass is 815 g/mol. The minimum Gasteiger partial charge on any atom is -0.481 e. The molecular weight excluding hydrogens is 769 g/mol. The predicted octanol–water partition coefficient (Wildman–Crippen LogP) is 8.38. The van der Waals surface area contributed by atoms with E-state index in [-0.39, 0.29) is 16.2 Å². The number of aliphatic carboxylic acids is 1. The summed E-state index contributed by atoms with van der Waals surface area (Å²) in [6.07, 6.45) is 10.9. The number of benzene rings is 3. The fourth-order valence-electron chi connectivity index (χ4n) is 7.69. The average Bonchev–Trinajstić information content (AvgIpc) is 3.47. The maximum absolute atomic E-state index is 12.3. The second-order valence-corrected chi connectivity index (χ2v) is 18.1. The van der Waals surface area contributed by atoms with Gasteiger partial charge in [-0.25, -0.2) is 5.26 Å². The highest BCUT2D eigenvalue weighted by atomic mass is 32.2. The van der Waals surface area contributed by atoms with Crippen molar-refractivity contribution in [3.8, 4) is 0 Å². The van der Waals surface area contributed by atoms with Crippen LogP contribution in [0.4, 0.5) is 11.4 Å². The van der Waals surface area contributed by atoms with E-state index < -0.39 is 37.0 Å². The van der Waals surface area contributed by atoms with E-state index in [0.29, 0.717) is 66.5 Å². The van der Waals surface area contributed by atoms with Gasteiger partial charge >= 0.3 is 5.97 Å². The number of carbonyl (C=O) groups is 1. The Morgan fingerprint density at radius 1 is 0.909 bits per heavy atom. The number of allylic oxidation sites excluding steroid dienone is 6. The van der Waals surface area contributed by atoms with Crippen LogP contribution in [0.1, 0.15) is 84.8 Å². The molecule has 0 aliphatic carbocycles. The summed E-state index contributed by atoms with van der Waals surface area (Å²) in [6, 6.07) is 11.1. The van der Waals surface area contributed by atoms with Crippen molar-refractivity contribution in [2.45, 2.75) is 99.2 Å². The molecule has 2 aliphatic rings. The molecular formula is C39H47N2O11S3+. The lowest BCUT2D eigenvalue weighted by Crippen LogP contribution is -2.28. The van der Waals surface area contributed by atoms with Crippen LogP contribution < -0.4 is 4.90 Å². The van der Waals surface area contributed by atoms with E-state index in [9.17, 15) is 30.7 Å². The smallest absolute Gasteiger partial charge is 0.303 e. The minimum atomic E-state index is -4.60. The van der Waals surface area contributed by atoms with Crippen LogP contribution in [0.15, 0.2) is 92.7 Å². The molecule has 0 aromatic heterocycles. The van der Waals surface area contributed by atoms with Gasteiger partial charge in [0.15, 0.2) is 5.71 Å². The Kier molecular flexibility index (Phi) is 12.5. The van der Waals surface area contributed by atoms with Crippen molar-refractivity contribution < 1.29 is 55.0 Å². The normalized spacial score (nSPS) is 17.5. The summed E-state index contributed by atoms with van der Waals surface area (Å²) in [5, 5.41) is 22.9. The molecule has 3 aromatic rings. The molecule has 3 aromatic carbocycles. The number of nitrogens with zero attached hydrogens (tertiary/aromatic N) is 2. The quantitative estimate of drug-likeness (QED) is 0.0205. The van der Waals surface area contributed by atoms with Crippen LogP contribution in [-0.4, -0.2) is 65.7 Å². The summed E-state index contributed by atoms with van der Waals surface area (Å²) in [5.41, 5.74) is 4.91. The zero-order chi connectivity index (χ0) is 40.5. The van der Waals surface area contributed by atoms with Crippen LogP contribution in [0.2, 0.25) is 0 Å². The van der Waals surface area contributed by atoms with Crippen LogP contribution in [0, 0.1) is 0 Å². The molecule has 0 saturated heterocycles. The Morgan fingerprint density at radius 2 is 1.62 bits per heavy atom. The molecule has 55 heavy (non-hydrogen) atoms. The fraction of sp³-hybridized carbons (Fsp3) is 0.385. The third-order valence-corrected chi connectivity index (χ3v) is 12.7. The molecule has 0 fully saturated rings. The Balaban J connectivity index is 1.57. The Bertz CT molecular complexity index is 2360. The van der Waals surface area contributed by atoms with Crippen molar-refractivity contribution in [3.05, 3.63) is 89.2 Å². The second kappa shape index (κ2) is 16.3. The van der Waals surface area contributed by atoms with Gasteiger partial charge in [0.25, 0.3) is 20.2 Å². The molecule has 0 unspecified atom stereocenters. The summed E-state index contributed by atoms with van der Waals surface area (Å²) in [4.78, 5) is 13.0. The van der Waals surface area contributed by atoms with E-state index in [4.69, 9.17) is 10.4 Å². The van der Waals surface area contributed by atoms with E-state index in [2.05, 4.69) is 24.9 Å². The summed E-state index contributed by atoms with van der Waals surface area (Å²) in [6.45, 7) is 13.4. The standard InChI is InChI=1S/C39H46N2O11S3/c1-7-25(13-19-34-38(3,4)30-23-26(54(45,46)47)15-17-31(30)41(34)21-11-9-10-12-36(42)43)14-20-35-39(5,6)37-29-22-27(55(48,49)50)24-33(53-52-51-44)28(29)16-18-32(37)40(35)8-2/h13-20,22-24H,7-12,21H2,1-6H3,(H3-,42,43,44,45,46,47,48,49,50)/p+1. The second-order valence-electron chi connectivity index (χ2n) is 14.5. The zero-order valence-electron chi connectivity index (χ0n) is 31.6. The fourth-order valence-corrected chi connectivity index (χ4v) is 9.35. The van der Waals surface area contributed by atoms with Gasteiger partial charge in [-0.05, 0) is 98.4 Å². The number of likely N-dealkylation sites (N-methyl/N-ethyl adjacent to an activating group) is 1. The van der Waals surface area contributed by atoms with Crippen molar-refractivity contribution in [1.29, 1.82) is 0 Å². The first-order chi connectivity index (χ1) is 25.8. The Morgan fingerprint density at radius 3 is 2.24 bits per heavy atom. The minimum absolute atomic E-state index is 0.0880. The molecule has 5 rings (SSSR count). The number of carboxylic acids is 1. The van der Waals surface area contributed by atoms with E-state index >= 15 is 0 Å². The van der Waals surface area contributed by atoms with E-state index in [1.54, 1.807) is 6.07 Å². The van der Waals surface area contributed by atoms with E-state index in [0.717, 1.165) is 39.5 Å². The van der Waals surface area contributed by atoms with Gasteiger partial charge in [0.2, 0.25) is 5.69 Å². The molecule has 4 N–H and O–H groups in total. The number of anilines is 1. The Labute approximate surface area is 326 Å². The van der Waals surface area contributed by atoms with Crippen LogP contribution in [-0.2, 0) is 45.2 Å². The highest BCUT2D eigenvalue weighted by Crippen LogP contribution is 2.52. The van der Waals surface area contributed by atoms with Crippen LogP contribution in [0.25, 0.3) is 10.8 Å². The molecule has 0 radical (unpaired) electrons. The number of unbranched alkanes of at least 4 members (excludes halogenated alkanes) is 2. The van der Waals surface area contributed by atoms with Gasteiger partial charge in [-0.1, -0.05) is 44.0 Å². The van der Waals surface area contributed by atoms with Gasteiger partial charge in [-0.15, -0.1) is 4.33 Å². The predicted molar refractivity (Wildman–Crippen MR) is 211 cm³/mol. The van der Waals surface area contributed by atoms with Crippen molar-refractivity contribution in [1.82, 2.24) is 0 Å². The SMILES string of the molecule is CCC(=C/C=C1/N(CC)c2ccc3c(SOOO)cc(S(=O)(=O)O)cc3c2C1(C)C)/C=C/C1=[N+](CCCCCC(=O)O)c2ccc(S(=O)(=O)O)cc2C1(C)C. The molecule has 0 spiro atoms. The van der Waals surface area contributed by atoms with E-state index in [1.165, 1.54) is 24.3 Å². The third kappa shape index (κ3) is 8.61. The number of hydrogen-bond acceptors (Lipinski definition) is 10. The lowest BCUT2D eigenvalue weighted by atomic mass is 9.81. The van der Waals surface area contributed by atoms with Gasteiger partial charge < -0.3 is 10.0 Å². The van der Waals surface area contributed by atoms with Crippen molar-refractivity contribution in [2.75, 3.05) is 18.0 Å².